The molecule has 0 fully saturated rings. The monoisotopic (exact) mass is 826 g/mol. The molecule has 58 heavy (non-hydrogen) atoms. The Balaban J connectivity index is 1.62. The van der Waals surface area contributed by atoms with E-state index in [-0.39, 0.29) is 33.5 Å². The second-order valence-electron chi connectivity index (χ2n) is 12.6. The van der Waals surface area contributed by atoms with Crippen LogP contribution in [-0.2, 0) is 46.6 Å². The molecule has 1 N–H and O–H groups in total. The molecule has 19 heteroatoms. The molecule has 0 saturated carbocycles. The van der Waals surface area contributed by atoms with Gasteiger partial charge in [-0.25, -0.2) is 0 Å². The number of carbonyl (C=O) groups excluding carboxylic acids is 5. The van der Waals surface area contributed by atoms with Crippen molar-refractivity contribution in [1.29, 1.82) is 0 Å². The molecule has 10 nitrogen and oxygen atoms in total. The van der Waals surface area contributed by atoms with Crippen LogP contribution in [0.5, 0.6) is 0 Å². The molecule has 4 aromatic carbocycles. The Labute approximate surface area is 323 Å². The molecule has 0 aliphatic heterocycles. The number of ether oxygens (including phenoxy) is 3. The number of esters is 3. The highest BCUT2D eigenvalue weighted by Crippen LogP contribution is 2.34. The maximum atomic E-state index is 13.6. The van der Waals surface area contributed by atoms with Gasteiger partial charge < -0.3 is 24.4 Å². The summed E-state index contributed by atoms with van der Waals surface area (Å²) in [5.41, 5.74) is -4.29. The minimum absolute atomic E-state index is 0.0163. The van der Waals surface area contributed by atoms with E-state index in [1.54, 1.807) is 6.07 Å². The van der Waals surface area contributed by atoms with E-state index < -0.39 is 91.0 Å². The van der Waals surface area contributed by atoms with Gasteiger partial charge in [-0.15, -0.1) is 0 Å². The van der Waals surface area contributed by atoms with Crippen LogP contribution in [0.25, 0.3) is 11.1 Å². The lowest BCUT2D eigenvalue weighted by atomic mass is 9.81. The molecule has 2 amide bonds. The first kappa shape index (κ1) is 44.3. The maximum Gasteiger partial charge on any atom is 0.422 e. The third-order valence-corrected chi connectivity index (χ3v) is 8.16. The summed E-state index contributed by atoms with van der Waals surface area (Å²) in [6.07, 6.45) is -15.6. The molecule has 0 saturated heterocycles. The fourth-order valence-corrected chi connectivity index (χ4v) is 5.38. The van der Waals surface area contributed by atoms with Gasteiger partial charge in [-0.2, -0.15) is 39.5 Å². The second-order valence-corrected chi connectivity index (χ2v) is 12.6. The first-order valence-electron chi connectivity index (χ1n) is 16.6. The van der Waals surface area contributed by atoms with Crippen LogP contribution in [0.2, 0.25) is 0 Å². The van der Waals surface area contributed by atoms with Gasteiger partial charge in [-0.05, 0) is 52.6 Å². The summed E-state index contributed by atoms with van der Waals surface area (Å²) >= 11 is 0. The van der Waals surface area contributed by atoms with Gasteiger partial charge in [-0.3, -0.25) is 24.0 Å². The van der Waals surface area contributed by atoms with E-state index in [9.17, 15) is 63.5 Å². The van der Waals surface area contributed by atoms with E-state index in [4.69, 9.17) is 4.74 Å². The molecule has 0 atom stereocenters. The highest BCUT2D eigenvalue weighted by molar-refractivity contribution is 6.12. The Morgan fingerprint density at radius 1 is 0.603 bits per heavy atom. The molecule has 0 spiro atoms. The number of benzene rings is 4. The molecular formula is C39H31F9N2O8. The van der Waals surface area contributed by atoms with E-state index in [1.807, 2.05) is 0 Å². The third kappa shape index (κ3) is 11.3. The summed E-state index contributed by atoms with van der Waals surface area (Å²) in [6.45, 7) is -5.99. The van der Waals surface area contributed by atoms with Crippen molar-refractivity contribution < 1.29 is 77.7 Å². The second kappa shape index (κ2) is 17.8. The Bertz CT molecular complexity index is 2100. The Kier molecular flexibility index (Phi) is 13.6. The van der Waals surface area contributed by atoms with Crippen molar-refractivity contribution in [3.63, 3.8) is 0 Å². The number of nitrogens with zero attached hydrogens (tertiary/aromatic N) is 1. The first-order chi connectivity index (χ1) is 27.0. The molecule has 0 aliphatic carbocycles. The average Bonchev–Trinajstić information content (AvgIpc) is 3.16. The molecule has 0 aromatic heterocycles. The number of nitrogens with one attached hydrogen (secondary N) is 1. The molecule has 0 heterocycles. The van der Waals surface area contributed by atoms with Gasteiger partial charge in [0.25, 0.3) is 11.8 Å². The average molecular weight is 827 g/mol. The van der Waals surface area contributed by atoms with Crippen molar-refractivity contribution in [3.05, 3.63) is 125 Å². The highest BCUT2D eigenvalue weighted by Gasteiger charge is 2.54. The van der Waals surface area contributed by atoms with Crippen LogP contribution in [0.15, 0.2) is 97.1 Å². The van der Waals surface area contributed by atoms with Crippen LogP contribution in [0.4, 0.5) is 45.2 Å². The fraction of sp³-hybridized carbons (Fsp3) is 0.256. The normalized spacial score (nSPS) is 12.0. The Hall–Kier alpha value is -6.40. The Morgan fingerprint density at radius 3 is 1.69 bits per heavy atom. The summed E-state index contributed by atoms with van der Waals surface area (Å²) < 4.78 is 131. The predicted molar refractivity (Wildman–Crippen MR) is 186 cm³/mol. The number of amides is 2. The zero-order valence-electron chi connectivity index (χ0n) is 30.2. The number of halogens is 9. The van der Waals surface area contributed by atoms with E-state index in [2.05, 4.69) is 14.8 Å². The third-order valence-electron chi connectivity index (χ3n) is 8.16. The van der Waals surface area contributed by atoms with Gasteiger partial charge in [0.15, 0.2) is 13.2 Å². The first-order valence-corrected chi connectivity index (χ1v) is 16.6. The number of anilines is 1. The Morgan fingerprint density at radius 2 is 1.16 bits per heavy atom. The SMILES string of the molecule is CN(C)C(=O)c1cc(CC(=O)OCC(C(=O)OCC(F)(F)F)(C(=O)OCC(F)(F)F)c2ccccc2)ccc1NC(=O)c1ccccc1-c1ccc(C(F)(F)F)cc1. The summed E-state index contributed by atoms with van der Waals surface area (Å²) in [5.74, 6) is -6.81. The zero-order valence-corrected chi connectivity index (χ0v) is 30.2. The molecule has 0 radical (unpaired) electrons. The van der Waals surface area contributed by atoms with Crippen LogP contribution in [-0.4, -0.2) is 80.9 Å². The van der Waals surface area contributed by atoms with Crippen molar-refractivity contribution in [2.75, 3.05) is 39.2 Å². The molecule has 0 aliphatic rings. The molecule has 0 unspecified atom stereocenters. The smallest absolute Gasteiger partial charge is 0.422 e. The lowest BCUT2D eigenvalue weighted by molar-refractivity contribution is -0.203. The number of carbonyl (C=O) groups is 5. The predicted octanol–water partition coefficient (Wildman–Crippen LogP) is 7.56. The lowest BCUT2D eigenvalue weighted by Crippen LogP contribution is -2.51. The van der Waals surface area contributed by atoms with Gasteiger partial charge in [0.1, 0.15) is 6.61 Å². The number of alkyl halides is 9. The molecular weight excluding hydrogens is 795 g/mol. The van der Waals surface area contributed by atoms with Crippen molar-refractivity contribution in [2.24, 2.45) is 0 Å². The van der Waals surface area contributed by atoms with Crippen molar-refractivity contribution in [1.82, 2.24) is 4.90 Å². The summed E-state index contributed by atoms with van der Waals surface area (Å²) in [5, 5.41) is 2.58. The van der Waals surface area contributed by atoms with Gasteiger partial charge in [0.05, 0.1) is 23.2 Å². The van der Waals surface area contributed by atoms with Gasteiger partial charge >= 0.3 is 36.4 Å². The quantitative estimate of drug-likeness (QED) is 0.0634. The number of hydrogen-bond acceptors (Lipinski definition) is 8. The van der Waals surface area contributed by atoms with Crippen LogP contribution in [0.3, 0.4) is 0 Å². The van der Waals surface area contributed by atoms with Gasteiger partial charge in [0.2, 0.25) is 5.41 Å². The van der Waals surface area contributed by atoms with E-state index in [0.29, 0.717) is 0 Å². The van der Waals surface area contributed by atoms with Crippen LogP contribution >= 0.6 is 0 Å². The van der Waals surface area contributed by atoms with E-state index in [0.717, 1.165) is 29.2 Å². The van der Waals surface area contributed by atoms with Gasteiger partial charge in [0, 0.05) is 19.7 Å². The minimum Gasteiger partial charge on any atom is -0.463 e. The molecule has 0 bridgehead atoms. The van der Waals surface area contributed by atoms with Gasteiger partial charge in [-0.1, -0.05) is 66.7 Å². The van der Waals surface area contributed by atoms with Crippen LogP contribution in [0.1, 0.15) is 37.4 Å². The van der Waals surface area contributed by atoms with E-state index in [1.165, 1.54) is 80.8 Å². The largest absolute Gasteiger partial charge is 0.463 e. The summed E-state index contributed by atoms with van der Waals surface area (Å²) in [7, 11) is 2.74. The minimum atomic E-state index is -5.13. The van der Waals surface area contributed by atoms with Crippen LogP contribution in [0, 0.1) is 0 Å². The summed E-state index contributed by atoms with van der Waals surface area (Å²) in [4.78, 5) is 67.5. The number of rotatable bonds is 13. The summed E-state index contributed by atoms with van der Waals surface area (Å²) in [6, 6.07) is 19.4. The van der Waals surface area contributed by atoms with E-state index >= 15 is 0 Å². The fourth-order valence-electron chi connectivity index (χ4n) is 5.38. The van der Waals surface area contributed by atoms with Crippen molar-refractivity contribution in [3.8, 4) is 11.1 Å². The van der Waals surface area contributed by atoms with Crippen LogP contribution < -0.4 is 5.32 Å². The van der Waals surface area contributed by atoms with Crippen molar-refractivity contribution >= 4 is 35.4 Å². The topological polar surface area (TPSA) is 128 Å². The van der Waals surface area contributed by atoms with Crippen molar-refractivity contribution in [2.45, 2.75) is 30.4 Å². The zero-order chi connectivity index (χ0) is 43.1. The molecule has 4 rings (SSSR count). The number of hydrogen-bond donors (Lipinski definition) is 1. The maximum absolute atomic E-state index is 13.6. The standard InChI is InChI=1S/C39H31F9N2O8/c1-50(2)33(53)29-18-23(12-17-30(29)49-32(52)28-11-7-6-10-27(28)24-13-15-26(16-14-24)39(46,47)48)19-31(51)56-20-36(25-8-4-3-5-9-25,34(54)57-21-37(40,41)42)35(55)58-22-38(43,44)45/h3-18H,19-22H2,1-2H3,(H,49,52). The highest BCUT2D eigenvalue weighted by atomic mass is 19.4. The lowest BCUT2D eigenvalue weighted by Gasteiger charge is -2.29. The molecule has 308 valence electrons. The molecule has 4 aromatic rings.